The molecule has 0 radical (unpaired) electrons. The Morgan fingerprint density at radius 3 is 2.59 bits per heavy atom. The van der Waals surface area contributed by atoms with Crippen molar-refractivity contribution in [2.45, 2.75) is 6.61 Å². The number of rotatable bonds is 4. The van der Waals surface area contributed by atoms with Crippen LogP contribution in [0.5, 0.6) is 5.75 Å². The van der Waals surface area contributed by atoms with E-state index in [0.29, 0.717) is 6.29 Å². The van der Waals surface area contributed by atoms with Crippen molar-refractivity contribution in [1.29, 1.82) is 0 Å². The van der Waals surface area contributed by atoms with Gasteiger partial charge < -0.3 is 9.26 Å². The number of carbonyl (C=O) groups excluding carboxylic acids is 1. The van der Waals surface area contributed by atoms with Gasteiger partial charge in [-0.05, 0) is 12.1 Å². The molecule has 0 aliphatic rings. The number of aromatic nitrogens is 2. The van der Waals surface area contributed by atoms with Crippen LogP contribution in [0.2, 0.25) is 0 Å². The summed E-state index contributed by atoms with van der Waals surface area (Å²) in [5.74, 6) is -2.35. The Bertz CT molecular complexity index is 505. The number of benzene rings is 1. The first-order valence-electron chi connectivity index (χ1n) is 4.53. The van der Waals surface area contributed by atoms with Crippen LogP contribution in [0.15, 0.2) is 23.0 Å². The monoisotopic (exact) mass is 240 g/mol. The molecule has 2 aromatic rings. The van der Waals surface area contributed by atoms with E-state index in [9.17, 15) is 13.6 Å². The van der Waals surface area contributed by atoms with Crippen molar-refractivity contribution in [2.75, 3.05) is 0 Å². The maximum absolute atomic E-state index is 13.3. The van der Waals surface area contributed by atoms with Crippen LogP contribution in [0.25, 0.3) is 0 Å². The fourth-order valence-corrected chi connectivity index (χ4v) is 1.18. The largest absolute Gasteiger partial charge is 0.479 e. The molecule has 0 amide bonds. The molecule has 0 bridgehead atoms. The molecule has 0 atom stereocenters. The summed E-state index contributed by atoms with van der Waals surface area (Å²) >= 11 is 0. The predicted molar refractivity (Wildman–Crippen MR) is 50.4 cm³/mol. The van der Waals surface area contributed by atoms with Gasteiger partial charge in [-0.25, -0.2) is 8.78 Å². The van der Waals surface area contributed by atoms with E-state index < -0.39 is 17.4 Å². The molecule has 0 N–H and O–H groups in total. The van der Waals surface area contributed by atoms with E-state index in [-0.39, 0.29) is 18.0 Å². The third kappa shape index (κ3) is 2.44. The number of ether oxygens (including phenoxy) is 1. The van der Waals surface area contributed by atoms with E-state index in [1.807, 2.05) is 0 Å². The predicted octanol–water partition coefficient (Wildman–Crippen LogP) is 1.74. The second-order valence-corrected chi connectivity index (χ2v) is 3.07. The molecule has 5 nitrogen and oxygen atoms in total. The lowest BCUT2D eigenvalue weighted by molar-refractivity contribution is 0.112. The second kappa shape index (κ2) is 4.69. The van der Waals surface area contributed by atoms with Gasteiger partial charge >= 0.3 is 0 Å². The van der Waals surface area contributed by atoms with Crippen LogP contribution >= 0.6 is 0 Å². The zero-order valence-electron chi connectivity index (χ0n) is 8.39. The summed E-state index contributed by atoms with van der Waals surface area (Å²) in [6.45, 7) is -0.231. The SMILES string of the molecule is O=Cc1cc(F)c(OCc2ncon2)c(F)c1. The maximum atomic E-state index is 13.3. The van der Waals surface area contributed by atoms with Crippen molar-refractivity contribution in [3.63, 3.8) is 0 Å². The fraction of sp³-hybridized carbons (Fsp3) is 0.100. The van der Waals surface area contributed by atoms with Crippen LogP contribution in [0.1, 0.15) is 16.2 Å². The minimum atomic E-state index is -0.962. The molecule has 1 heterocycles. The molecule has 0 aliphatic heterocycles. The normalized spacial score (nSPS) is 10.2. The average molecular weight is 240 g/mol. The van der Waals surface area contributed by atoms with Crippen molar-refractivity contribution in [3.05, 3.63) is 41.5 Å². The highest BCUT2D eigenvalue weighted by molar-refractivity contribution is 5.75. The van der Waals surface area contributed by atoms with Crippen molar-refractivity contribution in [3.8, 4) is 5.75 Å². The molecule has 1 aromatic carbocycles. The van der Waals surface area contributed by atoms with Gasteiger partial charge in [-0.2, -0.15) is 4.98 Å². The van der Waals surface area contributed by atoms with E-state index in [4.69, 9.17) is 4.74 Å². The first-order valence-corrected chi connectivity index (χ1v) is 4.53. The Morgan fingerprint density at radius 1 is 1.35 bits per heavy atom. The van der Waals surface area contributed by atoms with E-state index in [1.54, 1.807) is 0 Å². The molecule has 0 saturated heterocycles. The number of hydrogen-bond acceptors (Lipinski definition) is 5. The lowest BCUT2D eigenvalue weighted by Gasteiger charge is -2.06. The highest BCUT2D eigenvalue weighted by atomic mass is 19.1. The van der Waals surface area contributed by atoms with E-state index >= 15 is 0 Å². The van der Waals surface area contributed by atoms with Gasteiger partial charge in [-0.3, -0.25) is 4.79 Å². The molecular weight excluding hydrogens is 234 g/mol. The zero-order valence-corrected chi connectivity index (χ0v) is 8.39. The second-order valence-electron chi connectivity index (χ2n) is 3.07. The highest BCUT2D eigenvalue weighted by Gasteiger charge is 2.13. The third-order valence-electron chi connectivity index (χ3n) is 1.91. The van der Waals surface area contributed by atoms with Gasteiger partial charge in [0.15, 0.2) is 24.0 Å². The topological polar surface area (TPSA) is 65.2 Å². The molecule has 0 saturated carbocycles. The minimum Gasteiger partial charge on any atom is -0.479 e. The number of halogens is 2. The molecule has 88 valence electrons. The first-order chi connectivity index (χ1) is 8.20. The number of carbonyl (C=O) groups is 1. The molecular formula is C10H6F2N2O3. The highest BCUT2D eigenvalue weighted by Crippen LogP contribution is 2.23. The summed E-state index contributed by atoms with van der Waals surface area (Å²) in [6, 6.07) is 1.75. The van der Waals surface area contributed by atoms with Crippen molar-refractivity contribution in [2.24, 2.45) is 0 Å². The van der Waals surface area contributed by atoms with Gasteiger partial charge in [0.1, 0.15) is 6.29 Å². The molecule has 17 heavy (non-hydrogen) atoms. The van der Waals surface area contributed by atoms with E-state index in [2.05, 4.69) is 14.7 Å². The molecule has 1 aromatic heterocycles. The third-order valence-corrected chi connectivity index (χ3v) is 1.91. The molecule has 0 spiro atoms. The van der Waals surface area contributed by atoms with Gasteiger partial charge in [-0.1, -0.05) is 5.16 Å². The number of aldehydes is 1. The van der Waals surface area contributed by atoms with E-state index in [0.717, 1.165) is 18.5 Å². The van der Waals surface area contributed by atoms with Crippen LogP contribution < -0.4 is 4.74 Å². The van der Waals surface area contributed by atoms with Gasteiger partial charge in [-0.15, -0.1) is 0 Å². The minimum absolute atomic E-state index is 0.105. The Kier molecular flexibility index (Phi) is 3.08. The van der Waals surface area contributed by atoms with Crippen LogP contribution in [-0.4, -0.2) is 16.4 Å². The molecule has 0 unspecified atom stereocenters. The van der Waals surface area contributed by atoms with Gasteiger partial charge in [0, 0.05) is 5.56 Å². The number of nitrogens with zero attached hydrogens (tertiary/aromatic N) is 2. The molecule has 2 rings (SSSR count). The lowest BCUT2D eigenvalue weighted by atomic mass is 10.2. The van der Waals surface area contributed by atoms with Gasteiger partial charge in [0.25, 0.3) is 0 Å². The summed E-state index contributed by atoms with van der Waals surface area (Å²) < 4.78 is 36.0. The Morgan fingerprint density at radius 2 is 2.06 bits per heavy atom. The number of hydrogen-bond donors (Lipinski definition) is 0. The molecule has 0 fully saturated rings. The van der Waals surface area contributed by atoms with Crippen LogP contribution in [0.3, 0.4) is 0 Å². The standard InChI is InChI=1S/C10H6F2N2O3/c11-7-1-6(3-15)2-8(12)10(7)16-4-9-13-5-17-14-9/h1-3,5H,4H2. The summed E-state index contributed by atoms with van der Waals surface area (Å²) in [6.07, 6.45) is 1.41. The first kappa shape index (κ1) is 11.2. The lowest BCUT2D eigenvalue weighted by Crippen LogP contribution is -2.02. The Hall–Kier alpha value is -2.31. The van der Waals surface area contributed by atoms with Crippen LogP contribution in [-0.2, 0) is 6.61 Å². The summed E-state index contributed by atoms with van der Waals surface area (Å²) in [4.78, 5) is 14.0. The summed E-state index contributed by atoms with van der Waals surface area (Å²) in [7, 11) is 0. The fourth-order valence-electron chi connectivity index (χ4n) is 1.18. The van der Waals surface area contributed by atoms with Crippen LogP contribution in [0, 0.1) is 11.6 Å². The van der Waals surface area contributed by atoms with Crippen molar-refractivity contribution >= 4 is 6.29 Å². The van der Waals surface area contributed by atoms with Gasteiger partial charge in [0.2, 0.25) is 12.2 Å². The molecule has 7 heteroatoms. The zero-order chi connectivity index (χ0) is 12.3. The quantitative estimate of drug-likeness (QED) is 0.761. The average Bonchev–Trinajstić information content (AvgIpc) is 2.80. The van der Waals surface area contributed by atoms with Crippen LogP contribution in [0.4, 0.5) is 8.78 Å². The Balaban J connectivity index is 2.18. The summed E-state index contributed by atoms with van der Waals surface area (Å²) in [5.41, 5.74) is -0.105. The summed E-state index contributed by atoms with van der Waals surface area (Å²) in [5, 5.41) is 3.41. The molecule has 0 aliphatic carbocycles. The van der Waals surface area contributed by atoms with Crippen molar-refractivity contribution in [1.82, 2.24) is 10.1 Å². The van der Waals surface area contributed by atoms with Crippen molar-refractivity contribution < 1.29 is 22.8 Å². The smallest absolute Gasteiger partial charge is 0.213 e. The maximum Gasteiger partial charge on any atom is 0.213 e. The Labute approximate surface area is 94.0 Å². The van der Waals surface area contributed by atoms with Gasteiger partial charge in [0.05, 0.1) is 0 Å². The van der Waals surface area contributed by atoms with E-state index in [1.165, 1.54) is 0 Å².